The minimum absolute atomic E-state index is 0.196. The summed E-state index contributed by atoms with van der Waals surface area (Å²) in [6, 6.07) is -0.572. The highest BCUT2D eigenvalue weighted by Crippen LogP contribution is 2.25. The molecule has 0 aromatic heterocycles. The van der Waals surface area contributed by atoms with E-state index in [0.29, 0.717) is 0 Å². The van der Waals surface area contributed by atoms with Crippen LogP contribution in [0.25, 0.3) is 0 Å². The molecule has 0 bridgehead atoms. The van der Waals surface area contributed by atoms with Gasteiger partial charge >= 0.3 is 0 Å². The Morgan fingerprint density at radius 3 is 2.60 bits per heavy atom. The summed E-state index contributed by atoms with van der Waals surface area (Å²) in [7, 11) is 2.96. The zero-order chi connectivity index (χ0) is 11.6. The number of nitrogens with zero attached hydrogens (tertiary/aromatic N) is 1. The van der Waals surface area contributed by atoms with Gasteiger partial charge in [-0.1, -0.05) is 0 Å². The predicted molar refractivity (Wildman–Crippen MR) is 51.0 cm³/mol. The second-order valence-electron chi connectivity index (χ2n) is 3.57. The molecule has 15 heavy (non-hydrogen) atoms. The van der Waals surface area contributed by atoms with E-state index in [1.54, 1.807) is 7.05 Å². The van der Waals surface area contributed by atoms with Crippen LogP contribution in [0.4, 0.5) is 0 Å². The van der Waals surface area contributed by atoms with Crippen molar-refractivity contribution in [3.63, 3.8) is 0 Å². The first-order valence-electron chi connectivity index (χ1n) is 4.73. The van der Waals surface area contributed by atoms with E-state index < -0.39 is 24.5 Å². The number of carbonyl (C=O) groups excluding carboxylic acids is 1. The molecule has 0 saturated carbocycles. The van der Waals surface area contributed by atoms with Crippen molar-refractivity contribution in [2.45, 2.75) is 31.5 Å². The number of likely N-dealkylation sites (N-methyl/N-ethyl adjacent to an activating group) is 1. The maximum atomic E-state index is 11.2. The summed E-state index contributed by atoms with van der Waals surface area (Å²) in [5.41, 5.74) is 0. The van der Waals surface area contributed by atoms with Gasteiger partial charge in [0.2, 0.25) is 5.91 Å². The van der Waals surface area contributed by atoms with Gasteiger partial charge in [-0.2, -0.15) is 0 Å². The van der Waals surface area contributed by atoms with Crippen LogP contribution in [0.15, 0.2) is 0 Å². The Morgan fingerprint density at radius 1 is 1.60 bits per heavy atom. The molecule has 1 saturated heterocycles. The van der Waals surface area contributed by atoms with Crippen molar-refractivity contribution >= 4 is 5.91 Å². The van der Waals surface area contributed by atoms with E-state index in [1.165, 1.54) is 18.9 Å². The smallest absolute Gasteiger partial charge is 0.219 e. The molecule has 4 atom stereocenters. The van der Waals surface area contributed by atoms with Crippen molar-refractivity contribution in [3.05, 3.63) is 0 Å². The lowest BCUT2D eigenvalue weighted by molar-refractivity contribution is -0.153. The molecule has 1 rings (SSSR count). The highest BCUT2D eigenvalue weighted by Gasteiger charge is 2.46. The van der Waals surface area contributed by atoms with Crippen LogP contribution in [-0.2, 0) is 14.3 Å². The highest BCUT2D eigenvalue weighted by atomic mass is 16.7. The first kappa shape index (κ1) is 12.4. The number of amides is 1. The van der Waals surface area contributed by atoms with Gasteiger partial charge in [0.15, 0.2) is 6.29 Å². The van der Waals surface area contributed by atoms with Crippen LogP contribution in [0.5, 0.6) is 0 Å². The van der Waals surface area contributed by atoms with Gasteiger partial charge in [-0.3, -0.25) is 4.79 Å². The van der Waals surface area contributed by atoms with Gasteiger partial charge in [-0.25, -0.2) is 0 Å². The van der Waals surface area contributed by atoms with Crippen molar-refractivity contribution in [1.82, 2.24) is 4.90 Å². The lowest BCUT2D eigenvalue weighted by atomic mass is 10.1. The van der Waals surface area contributed by atoms with Crippen molar-refractivity contribution < 1.29 is 24.5 Å². The van der Waals surface area contributed by atoms with Crippen LogP contribution in [0.1, 0.15) is 6.92 Å². The predicted octanol–water partition coefficient (Wildman–Crippen LogP) is -1.44. The molecule has 0 aromatic carbocycles. The summed E-state index contributed by atoms with van der Waals surface area (Å²) in [5, 5.41) is 18.9. The molecule has 0 aromatic rings. The molecule has 2 N–H and O–H groups in total. The third kappa shape index (κ3) is 2.28. The molecule has 1 aliphatic heterocycles. The van der Waals surface area contributed by atoms with Gasteiger partial charge in [0, 0.05) is 21.1 Å². The first-order valence-corrected chi connectivity index (χ1v) is 4.73. The number of methoxy groups -OCH3 is 1. The Bertz CT molecular complexity index is 233. The minimum atomic E-state index is -0.943. The van der Waals surface area contributed by atoms with Crippen LogP contribution >= 0.6 is 0 Å². The Hall–Kier alpha value is -0.690. The first-order chi connectivity index (χ1) is 7.02. The summed E-state index contributed by atoms with van der Waals surface area (Å²) in [6.07, 6.45) is -2.35. The average Bonchev–Trinajstić information content (AvgIpc) is 2.53. The fourth-order valence-corrected chi connectivity index (χ4v) is 1.75. The average molecular weight is 219 g/mol. The summed E-state index contributed by atoms with van der Waals surface area (Å²) >= 11 is 0. The number of ether oxygens (including phenoxy) is 2. The number of hydrogen-bond acceptors (Lipinski definition) is 5. The van der Waals surface area contributed by atoms with Crippen molar-refractivity contribution in [2.24, 2.45) is 0 Å². The monoisotopic (exact) mass is 219 g/mol. The van der Waals surface area contributed by atoms with Crippen LogP contribution < -0.4 is 0 Å². The summed E-state index contributed by atoms with van der Waals surface area (Å²) in [4.78, 5) is 12.5. The van der Waals surface area contributed by atoms with E-state index in [1.807, 2.05) is 0 Å². The number of aliphatic hydroxyl groups is 2. The Labute approximate surface area is 88.4 Å². The maximum absolute atomic E-state index is 11.2. The SMILES string of the molecule is CO[C@H]1O[C@H](CO)[C@H](N(C)C(C)=O)[C@H]1O. The van der Waals surface area contributed by atoms with Gasteiger partial charge in [0.1, 0.15) is 12.2 Å². The number of carbonyl (C=O) groups is 1. The lowest BCUT2D eigenvalue weighted by Gasteiger charge is -2.28. The van der Waals surface area contributed by atoms with Gasteiger partial charge in [-0.15, -0.1) is 0 Å². The molecular formula is C9H17NO5. The molecule has 0 unspecified atom stereocenters. The largest absolute Gasteiger partial charge is 0.394 e. The van der Waals surface area contributed by atoms with Crippen molar-refractivity contribution in [2.75, 3.05) is 20.8 Å². The second kappa shape index (κ2) is 4.89. The van der Waals surface area contributed by atoms with Gasteiger partial charge in [0.05, 0.1) is 12.6 Å². The van der Waals surface area contributed by atoms with Crippen molar-refractivity contribution in [3.8, 4) is 0 Å². The summed E-state index contributed by atoms with van der Waals surface area (Å²) < 4.78 is 10.1. The molecule has 88 valence electrons. The topological polar surface area (TPSA) is 79.2 Å². The van der Waals surface area contributed by atoms with Gasteiger partial charge in [0.25, 0.3) is 0 Å². The zero-order valence-corrected chi connectivity index (χ0v) is 9.08. The Balaban J connectivity index is 2.79. The van der Waals surface area contributed by atoms with E-state index in [-0.39, 0.29) is 12.5 Å². The lowest BCUT2D eigenvalue weighted by Crippen LogP contribution is -2.49. The third-order valence-corrected chi connectivity index (χ3v) is 2.67. The van der Waals surface area contributed by atoms with Gasteiger partial charge in [-0.05, 0) is 0 Å². The fourth-order valence-electron chi connectivity index (χ4n) is 1.75. The van der Waals surface area contributed by atoms with Crippen LogP contribution in [0.2, 0.25) is 0 Å². The van der Waals surface area contributed by atoms with Crippen molar-refractivity contribution in [1.29, 1.82) is 0 Å². The van der Waals surface area contributed by atoms with E-state index in [2.05, 4.69) is 0 Å². The van der Waals surface area contributed by atoms with E-state index >= 15 is 0 Å². The Kier molecular flexibility index (Phi) is 4.04. The number of hydrogen-bond donors (Lipinski definition) is 2. The molecule has 1 amide bonds. The molecule has 0 spiro atoms. The van der Waals surface area contributed by atoms with E-state index in [0.717, 1.165) is 0 Å². The summed E-state index contributed by atoms with van der Waals surface area (Å²) in [5.74, 6) is -0.196. The van der Waals surface area contributed by atoms with Gasteiger partial charge < -0.3 is 24.6 Å². The molecule has 1 aliphatic rings. The number of aliphatic hydroxyl groups excluding tert-OH is 2. The summed E-state index contributed by atoms with van der Waals surface area (Å²) in [6.45, 7) is 1.13. The quantitative estimate of drug-likeness (QED) is 0.607. The number of rotatable bonds is 3. The highest BCUT2D eigenvalue weighted by molar-refractivity contribution is 5.73. The molecule has 6 heteroatoms. The molecule has 0 radical (unpaired) electrons. The molecule has 0 aliphatic carbocycles. The minimum Gasteiger partial charge on any atom is -0.394 e. The third-order valence-electron chi connectivity index (χ3n) is 2.67. The molecule has 1 heterocycles. The maximum Gasteiger partial charge on any atom is 0.219 e. The Morgan fingerprint density at radius 2 is 2.20 bits per heavy atom. The fraction of sp³-hybridized carbons (Fsp3) is 0.889. The standard InChI is InChI=1S/C9H17NO5/c1-5(12)10(2)7-6(4-11)15-9(14-3)8(7)13/h6-9,11,13H,4H2,1-3H3/t6-,7+,8-,9+/m1/s1. The zero-order valence-electron chi connectivity index (χ0n) is 9.08. The second-order valence-corrected chi connectivity index (χ2v) is 3.57. The normalized spacial score (nSPS) is 35.5. The molecule has 1 fully saturated rings. The molecular weight excluding hydrogens is 202 g/mol. The van der Waals surface area contributed by atoms with Crippen LogP contribution in [0.3, 0.4) is 0 Å². The van der Waals surface area contributed by atoms with E-state index in [4.69, 9.17) is 14.6 Å². The molecule has 6 nitrogen and oxygen atoms in total. The van der Waals surface area contributed by atoms with E-state index in [9.17, 15) is 9.90 Å². The van der Waals surface area contributed by atoms with Crippen LogP contribution in [0, 0.1) is 0 Å². The van der Waals surface area contributed by atoms with Crippen LogP contribution in [-0.4, -0.2) is 66.3 Å².